The fourth-order valence-electron chi connectivity index (χ4n) is 2.19. The number of benzene rings is 1. The van der Waals surface area contributed by atoms with Crippen molar-refractivity contribution >= 4 is 5.82 Å². The topological polar surface area (TPSA) is 48.7 Å². The Kier molecular flexibility index (Phi) is 4.49. The lowest BCUT2D eigenvalue weighted by Gasteiger charge is -2.10. The van der Waals surface area contributed by atoms with Gasteiger partial charge in [0.25, 0.3) is 0 Å². The van der Waals surface area contributed by atoms with Gasteiger partial charge >= 0.3 is 0 Å². The van der Waals surface area contributed by atoms with Crippen molar-refractivity contribution in [3.63, 3.8) is 0 Å². The second-order valence-corrected chi connectivity index (χ2v) is 4.87. The second-order valence-electron chi connectivity index (χ2n) is 4.87. The van der Waals surface area contributed by atoms with Gasteiger partial charge in [-0.2, -0.15) is 5.26 Å². The summed E-state index contributed by atoms with van der Waals surface area (Å²) in [6.45, 7) is 4.13. The standard InChI is InChI=1S/C16H15F2N3/c1-10-5-11(2)21-16(15(10)9-19)20-4-3-12-6-13(17)8-14(18)7-12/h5-8H,3-4H2,1-2H3,(H,20,21). The Bertz CT molecular complexity index is 685. The first-order chi connectivity index (χ1) is 9.99. The zero-order valence-electron chi connectivity index (χ0n) is 11.9. The molecular weight excluding hydrogens is 272 g/mol. The van der Waals surface area contributed by atoms with Gasteiger partial charge in [-0.25, -0.2) is 13.8 Å². The molecular formula is C16H15F2N3. The molecule has 1 heterocycles. The van der Waals surface area contributed by atoms with Crippen LogP contribution in [0.3, 0.4) is 0 Å². The molecule has 0 bridgehead atoms. The van der Waals surface area contributed by atoms with Gasteiger partial charge in [0.2, 0.25) is 0 Å². The van der Waals surface area contributed by atoms with Crippen LogP contribution >= 0.6 is 0 Å². The zero-order valence-corrected chi connectivity index (χ0v) is 11.9. The Hall–Kier alpha value is -2.48. The van der Waals surface area contributed by atoms with E-state index in [0.717, 1.165) is 17.3 Å². The molecule has 108 valence electrons. The minimum absolute atomic E-state index is 0.438. The van der Waals surface area contributed by atoms with Crippen LogP contribution in [0.25, 0.3) is 0 Å². The Morgan fingerprint density at radius 2 is 1.81 bits per heavy atom. The molecule has 0 aliphatic rings. The third-order valence-corrected chi connectivity index (χ3v) is 3.08. The SMILES string of the molecule is Cc1cc(C)c(C#N)c(NCCc2cc(F)cc(F)c2)n1. The number of aromatic nitrogens is 1. The summed E-state index contributed by atoms with van der Waals surface area (Å²) in [5, 5.41) is 12.2. The lowest BCUT2D eigenvalue weighted by Crippen LogP contribution is -2.09. The van der Waals surface area contributed by atoms with Gasteiger partial charge in [0.05, 0.1) is 5.56 Å². The van der Waals surface area contributed by atoms with E-state index in [2.05, 4.69) is 16.4 Å². The molecule has 0 amide bonds. The van der Waals surface area contributed by atoms with Crippen LogP contribution in [0.1, 0.15) is 22.4 Å². The van der Waals surface area contributed by atoms with Crippen molar-refractivity contribution < 1.29 is 8.78 Å². The van der Waals surface area contributed by atoms with Crippen molar-refractivity contribution in [1.29, 1.82) is 5.26 Å². The largest absolute Gasteiger partial charge is 0.369 e. The summed E-state index contributed by atoms with van der Waals surface area (Å²) in [5.41, 5.74) is 2.71. The number of anilines is 1. The molecule has 0 fully saturated rings. The Morgan fingerprint density at radius 3 is 2.43 bits per heavy atom. The highest BCUT2D eigenvalue weighted by Gasteiger charge is 2.08. The Balaban J connectivity index is 2.09. The van der Waals surface area contributed by atoms with Gasteiger partial charge in [-0.1, -0.05) is 0 Å². The van der Waals surface area contributed by atoms with E-state index in [1.165, 1.54) is 12.1 Å². The quantitative estimate of drug-likeness (QED) is 0.936. The molecule has 1 N–H and O–H groups in total. The van der Waals surface area contributed by atoms with E-state index >= 15 is 0 Å². The number of hydrogen-bond acceptors (Lipinski definition) is 3. The van der Waals surface area contributed by atoms with Crippen LogP contribution in [0, 0.1) is 36.8 Å². The van der Waals surface area contributed by atoms with Crippen LogP contribution in [-0.4, -0.2) is 11.5 Å². The molecule has 21 heavy (non-hydrogen) atoms. The van der Waals surface area contributed by atoms with Crippen molar-refractivity contribution in [2.24, 2.45) is 0 Å². The van der Waals surface area contributed by atoms with Crippen molar-refractivity contribution in [3.05, 3.63) is 58.3 Å². The maximum absolute atomic E-state index is 13.1. The maximum atomic E-state index is 13.1. The van der Waals surface area contributed by atoms with Crippen LogP contribution in [0.4, 0.5) is 14.6 Å². The first-order valence-electron chi connectivity index (χ1n) is 6.57. The van der Waals surface area contributed by atoms with E-state index in [1.54, 1.807) is 0 Å². The number of hydrogen-bond donors (Lipinski definition) is 1. The summed E-state index contributed by atoms with van der Waals surface area (Å²) in [7, 11) is 0. The van der Waals surface area contributed by atoms with Crippen LogP contribution in [0.5, 0.6) is 0 Å². The van der Waals surface area contributed by atoms with Gasteiger partial charge < -0.3 is 5.32 Å². The highest BCUT2D eigenvalue weighted by molar-refractivity contribution is 5.56. The third-order valence-electron chi connectivity index (χ3n) is 3.08. The molecule has 0 spiro atoms. The molecule has 2 aromatic rings. The molecule has 0 aliphatic heterocycles. The van der Waals surface area contributed by atoms with Gasteiger partial charge in [-0.05, 0) is 49.6 Å². The van der Waals surface area contributed by atoms with Gasteiger partial charge in [-0.3, -0.25) is 0 Å². The summed E-state index contributed by atoms with van der Waals surface area (Å²) < 4.78 is 26.2. The van der Waals surface area contributed by atoms with E-state index in [-0.39, 0.29) is 0 Å². The highest BCUT2D eigenvalue weighted by Crippen LogP contribution is 2.17. The van der Waals surface area contributed by atoms with Crippen LogP contribution in [-0.2, 0) is 6.42 Å². The molecule has 1 aromatic carbocycles. The van der Waals surface area contributed by atoms with E-state index in [9.17, 15) is 8.78 Å². The van der Waals surface area contributed by atoms with Gasteiger partial charge in [0.15, 0.2) is 0 Å². The number of pyridine rings is 1. The van der Waals surface area contributed by atoms with Crippen molar-refractivity contribution in [3.8, 4) is 6.07 Å². The molecule has 0 atom stereocenters. The van der Waals surface area contributed by atoms with Gasteiger partial charge in [0, 0.05) is 18.3 Å². The van der Waals surface area contributed by atoms with Crippen molar-refractivity contribution in [1.82, 2.24) is 4.98 Å². The summed E-state index contributed by atoms with van der Waals surface area (Å²) in [5.74, 6) is -0.675. The predicted octanol–water partition coefficient (Wildman–Crippen LogP) is 3.50. The molecule has 1 aromatic heterocycles. The first kappa shape index (κ1) is 14.9. The fourth-order valence-corrected chi connectivity index (χ4v) is 2.19. The highest BCUT2D eigenvalue weighted by atomic mass is 19.1. The monoisotopic (exact) mass is 287 g/mol. The van der Waals surface area contributed by atoms with E-state index < -0.39 is 11.6 Å². The number of halogens is 2. The minimum Gasteiger partial charge on any atom is -0.369 e. The number of nitrogens with zero attached hydrogens (tertiary/aromatic N) is 2. The Morgan fingerprint density at radius 1 is 1.14 bits per heavy atom. The van der Waals surface area contributed by atoms with Crippen molar-refractivity contribution in [2.45, 2.75) is 20.3 Å². The molecule has 0 saturated carbocycles. The van der Waals surface area contributed by atoms with E-state index in [0.29, 0.717) is 29.9 Å². The van der Waals surface area contributed by atoms with Crippen LogP contribution in [0.15, 0.2) is 24.3 Å². The normalized spacial score (nSPS) is 10.2. The van der Waals surface area contributed by atoms with Crippen LogP contribution < -0.4 is 5.32 Å². The molecule has 3 nitrogen and oxygen atoms in total. The van der Waals surface area contributed by atoms with Crippen LogP contribution in [0.2, 0.25) is 0 Å². The second kappa shape index (κ2) is 6.31. The molecule has 0 saturated heterocycles. The van der Waals surface area contributed by atoms with Gasteiger partial charge in [0.1, 0.15) is 23.5 Å². The number of aryl methyl sites for hydroxylation is 2. The summed E-state index contributed by atoms with van der Waals surface area (Å²) >= 11 is 0. The average Bonchev–Trinajstić information content (AvgIpc) is 2.37. The molecule has 0 radical (unpaired) electrons. The number of rotatable bonds is 4. The number of nitrogens with one attached hydrogen (secondary N) is 1. The zero-order chi connectivity index (χ0) is 15.4. The molecule has 0 aliphatic carbocycles. The maximum Gasteiger partial charge on any atom is 0.144 e. The summed E-state index contributed by atoms with van der Waals surface area (Å²) in [6.07, 6.45) is 0.439. The average molecular weight is 287 g/mol. The predicted molar refractivity (Wildman–Crippen MR) is 77.0 cm³/mol. The van der Waals surface area contributed by atoms with E-state index in [4.69, 9.17) is 5.26 Å². The lowest BCUT2D eigenvalue weighted by atomic mass is 10.1. The lowest BCUT2D eigenvalue weighted by molar-refractivity contribution is 0.580. The minimum atomic E-state index is -0.591. The molecule has 5 heteroatoms. The van der Waals surface area contributed by atoms with Gasteiger partial charge in [-0.15, -0.1) is 0 Å². The van der Waals surface area contributed by atoms with Crippen molar-refractivity contribution in [2.75, 3.05) is 11.9 Å². The fraction of sp³-hybridized carbons (Fsp3) is 0.250. The summed E-state index contributed by atoms with van der Waals surface area (Å²) in [4.78, 5) is 4.29. The molecule has 0 unspecified atom stereocenters. The summed E-state index contributed by atoms with van der Waals surface area (Å²) in [6, 6.07) is 7.39. The number of nitriles is 1. The first-order valence-corrected chi connectivity index (χ1v) is 6.57. The Labute approximate surface area is 122 Å². The molecule has 2 rings (SSSR count). The third kappa shape index (κ3) is 3.76. The van der Waals surface area contributed by atoms with E-state index in [1.807, 2.05) is 19.9 Å². The smallest absolute Gasteiger partial charge is 0.144 e.